The molecule has 0 aliphatic rings. The largest absolute Gasteiger partial charge is 0.478 e. The van der Waals surface area contributed by atoms with Gasteiger partial charge in [-0.2, -0.15) is 4.31 Å². The van der Waals surface area contributed by atoms with Crippen LogP contribution in [0.3, 0.4) is 0 Å². The van der Waals surface area contributed by atoms with Crippen LogP contribution in [0.2, 0.25) is 0 Å². The number of nitrogens with one attached hydrogen (secondary N) is 1. The van der Waals surface area contributed by atoms with Crippen molar-refractivity contribution in [2.75, 3.05) is 20.6 Å². The van der Waals surface area contributed by atoms with Crippen molar-refractivity contribution in [3.05, 3.63) is 28.8 Å². The van der Waals surface area contributed by atoms with Crippen molar-refractivity contribution in [3.63, 3.8) is 0 Å². The summed E-state index contributed by atoms with van der Waals surface area (Å²) in [5.74, 6) is -1.66. The van der Waals surface area contributed by atoms with Crippen molar-refractivity contribution in [2.45, 2.75) is 18.7 Å². The van der Waals surface area contributed by atoms with E-state index in [2.05, 4.69) is 5.32 Å². The predicted molar refractivity (Wildman–Crippen MR) is 76.8 cm³/mol. The van der Waals surface area contributed by atoms with Crippen molar-refractivity contribution in [1.82, 2.24) is 9.62 Å². The van der Waals surface area contributed by atoms with Crippen LogP contribution >= 0.6 is 0 Å². The molecule has 116 valence electrons. The summed E-state index contributed by atoms with van der Waals surface area (Å²) in [7, 11) is -1.27. The normalized spacial score (nSPS) is 11.5. The molecule has 0 heterocycles. The molecule has 1 aromatic rings. The lowest BCUT2D eigenvalue weighted by Crippen LogP contribution is -2.37. The van der Waals surface area contributed by atoms with Gasteiger partial charge in [-0.3, -0.25) is 4.79 Å². The standard InChI is InChI=1S/C13H18N2O5S/c1-8-5-10(13(17)18)6-11(9(8)2)21(19,20)15(4)7-12(16)14-3/h5-6H,7H2,1-4H3,(H,14,16)(H,17,18). The zero-order valence-electron chi connectivity index (χ0n) is 12.3. The van der Waals surface area contributed by atoms with Gasteiger partial charge in [0, 0.05) is 14.1 Å². The number of benzene rings is 1. The molecule has 0 saturated heterocycles. The first kappa shape index (κ1) is 17.1. The van der Waals surface area contributed by atoms with Crippen LogP contribution < -0.4 is 5.32 Å². The Kier molecular flexibility index (Phi) is 5.08. The van der Waals surface area contributed by atoms with E-state index in [-0.39, 0.29) is 17.0 Å². The second-order valence-electron chi connectivity index (χ2n) is 4.66. The van der Waals surface area contributed by atoms with Gasteiger partial charge < -0.3 is 10.4 Å². The second-order valence-corrected chi connectivity index (χ2v) is 6.67. The first-order chi connectivity index (χ1) is 9.61. The highest BCUT2D eigenvalue weighted by molar-refractivity contribution is 7.89. The van der Waals surface area contributed by atoms with Crippen molar-refractivity contribution in [2.24, 2.45) is 0 Å². The maximum absolute atomic E-state index is 12.5. The average Bonchev–Trinajstić information content (AvgIpc) is 2.40. The number of hydrogen-bond acceptors (Lipinski definition) is 4. The lowest BCUT2D eigenvalue weighted by molar-refractivity contribution is -0.120. The molecule has 0 saturated carbocycles. The number of amides is 1. The molecule has 8 heteroatoms. The van der Waals surface area contributed by atoms with E-state index in [4.69, 9.17) is 5.11 Å². The summed E-state index contributed by atoms with van der Waals surface area (Å²) >= 11 is 0. The maximum Gasteiger partial charge on any atom is 0.335 e. The summed E-state index contributed by atoms with van der Waals surface area (Å²) < 4.78 is 25.9. The number of likely N-dealkylation sites (N-methyl/N-ethyl adjacent to an activating group) is 2. The number of nitrogens with zero attached hydrogens (tertiary/aromatic N) is 1. The summed E-state index contributed by atoms with van der Waals surface area (Å²) in [6.45, 7) is 2.90. The third-order valence-corrected chi connectivity index (χ3v) is 5.13. The Balaban J connectivity index is 3.37. The number of carboxylic acids is 1. The van der Waals surface area contributed by atoms with Crippen molar-refractivity contribution in [1.29, 1.82) is 0 Å². The molecule has 1 rings (SSSR count). The van der Waals surface area contributed by atoms with Crippen LogP contribution in [-0.4, -0.2) is 50.3 Å². The minimum absolute atomic E-state index is 0.105. The molecule has 0 bridgehead atoms. The number of sulfonamides is 1. The Morgan fingerprint density at radius 2 is 1.86 bits per heavy atom. The van der Waals surface area contributed by atoms with Gasteiger partial charge in [0.1, 0.15) is 0 Å². The van der Waals surface area contributed by atoms with E-state index in [9.17, 15) is 18.0 Å². The van der Waals surface area contributed by atoms with E-state index in [1.165, 1.54) is 20.2 Å². The smallest absolute Gasteiger partial charge is 0.335 e. The van der Waals surface area contributed by atoms with Crippen molar-refractivity contribution < 1.29 is 23.1 Å². The first-order valence-electron chi connectivity index (χ1n) is 6.12. The van der Waals surface area contributed by atoms with Crippen molar-refractivity contribution >= 4 is 21.9 Å². The van der Waals surface area contributed by atoms with Gasteiger partial charge in [0.2, 0.25) is 15.9 Å². The maximum atomic E-state index is 12.5. The Bertz CT molecular complexity index is 682. The zero-order valence-corrected chi connectivity index (χ0v) is 13.1. The van der Waals surface area contributed by atoms with Gasteiger partial charge in [0.05, 0.1) is 17.0 Å². The fraction of sp³-hybridized carbons (Fsp3) is 0.385. The monoisotopic (exact) mass is 314 g/mol. The number of rotatable bonds is 5. The van der Waals surface area contributed by atoms with Crippen LogP contribution in [0.15, 0.2) is 17.0 Å². The number of hydrogen-bond donors (Lipinski definition) is 2. The summed E-state index contributed by atoms with van der Waals surface area (Å²) in [5.41, 5.74) is 0.913. The third-order valence-electron chi connectivity index (χ3n) is 3.20. The molecule has 0 atom stereocenters. The van der Waals surface area contributed by atoms with Gasteiger partial charge >= 0.3 is 5.97 Å². The molecule has 0 fully saturated rings. The van der Waals surface area contributed by atoms with Gasteiger partial charge in [0.15, 0.2) is 0 Å². The molecule has 7 nitrogen and oxygen atoms in total. The van der Waals surface area contributed by atoms with E-state index < -0.39 is 21.9 Å². The minimum atomic E-state index is -3.94. The topological polar surface area (TPSA) is 104 Å². The summed E-state index contributed by atoms with van der Waals surface area (Å²) in [6.07, 6.45) is 0. The molecule has 0 radical (unpaired) electrons. The van der Waals surface area contributed by atoms with Crippen LogP contribution in [0.1, 0.15) is 21.5 Å². The summed E-state index contributed by atoms with van der Waals surface area (Å²) in [4.78, 5) is 22.3. The molecule has 0 aromatic heterocycles. The lowest BCUT2D eigenvalue weighted by atomic mass is 10.1. The zero-order chi connectivity index (χ0) is 16.4. The molecule has 0 aliphatic heterocycles. The number of aryl methyl sites for hydroxylation is 1. The SMILES string of the molecule is CNC(=O)CN(C)S(=O)(=O)c1cc(C(=O)O)cc(C)c1C. The van der Waals surface area contributed by atoms with E-state index in [1.54, 1.807) is 13.8 Å². The van der Waals surface area contributed by atoms with Gasteiger partial charge in [-0.1, -0.05) is 0 Å². The quantitative estimate of drug-likeness (QED) is 0.817. The molecule has 0 unspecified atom stereocenters. The molecular weight excluding hydrogens is 296 g/mol. The van der Waals surface area contributed by atoms with Crippen LogP contribution in [0.5, 0.6) is 0 Å². The molecule has 1 aromatic carbocycles. The molecule has 0 spiro atoms. The van der Waals surface area contributed by atoms with E-state index >= 15 is 0 Å². The molecule has 21 heavy (non-hydrogen) atoms. The second kappa shape index (κ2) is 6.23. The molecule has 0 aliphatic carbocycles. The van der Waals surface area contributed by atoms with E-state index in [0.29, 0.717) is 11.1 Å². The van der Waals surface area contributed by atoms with E-state index in [0.717, 1.165) is 10.4 Å². The van der Waals surface area contributed by atoms with Gasteiger partial charge in [-0.05, 0) is 37.1 Å². The first-order valence-corrected chi connectivity index (χ1v) is 7.56. The van der Waals surface area contributed by atoms with Gasteiger partial charge in [0.25, 0.3) is 0 Å². The van der Waals surface area contributed by atoms with Crippen LogP contribution in [-0.2, 0) is 14.8 Å². The summed E-state index contributed by atoms with van der Waals surface area (Å²) in [5, 5.41) is 11.4. The summed E-state index contributed by atoms with van der Waals surface area (Å²) in [6, 6.07) is 2.52. The number of carbonyl (C=O) groups excluding carboxylic acids is 1. The Labute approximate surface area is 123 Å². The van der Waals surface area contributed by atoms with Gasteiger partial charge in [-0.25, -0.2) is 13.2 Å². The highest BCUT2D eigenvalue weighted by atomic mass is 32.2. The molecular formula is C13H18N2O5S. The predicted octanol–water partition coefficient (Wildman–Crippen LogP) is 0.368. The van der Waals surface area contributed by atoms with Crippen LogP contribution in [0.4, 0.5) is 0 Å². The fourth-order valence-electron chi connectivity index (χ4n) is 1.75. The van der Waals surface area contributed by atoms with Crippen LogP contribution in [0, 0.1) is 13.8 Å². The highest BCUT2D eigenvalue weighted by Crippen LogP contribution is 2.23. The van der Waals surface area contributed by atoms with Crippen molar-refractivity contribution in [3.8, 4) is 0 Å². The van der Waals surface area contributed by atoms with E-state index in [1.807, 2.05) is 0 Å². The Morgan fingerprint density at radius 3 is 2.33 bits per heavy atom. The number of carbonyl (C=O) groups is 2. The average molecular weight is 314 g/mol. The molecule has 1 amide bonds. The lowest BCUT2D eigenvalue weighted by Gasteiger charge is -2.19. The molecule has 2 N–H and O–H groups in total. The Morgan fingerprint density at radius 1 is 1.29 bits per heavy atom. The Hall–Kier alpha value is -1.93. The minimum Gasteiger partial charge on any atom is -0.478 e. The van der Waals surface area contributed by atoms with Crippen LogP contribution in [0.25, 0.3) is 0 Å². The number of carboxylic acid groups (broad SMARTS) is 1. The third kappa shape index (κ3) is 3.59. The highest BCUT2D eigenvalue weighted by Gasteiger charge is 2.26. The number of aromatic carboxylic acids is 1. The fourth-order valence-corrected chi connectivity index (χ4v) is 3.20. The van der Waals surface area contributed by atoms with Gasteiger partial charge in [-0.15, -0.1) is 0 Å².